The van der Waals surface area contributed by atoms with E-state index >= 15 is 0 Å². The van der Waals surface area contributed by atoms with Crippen molar-refractivity contribution in [3.8, 4) is 0 Å². The normalized spacial score (nSPS) is 53.0. The van der Waals surface area contributed by atoms with E-state index in [1.54, 1.807) is 0 Å². The molecule has 0 spiro atoms. The summed E-state index contributed by atoms with van der Waals surface area (Å²) in [6, 6.07) is -4.88. The van der Waals surface area contributed by atoms with Crippen LogP contribution in [0, 0.1) is 0 Å². The molecule has 54 heavy (non-hydrogen) atoms. The summed E-state index contributed by atoms with van der Waals surface area (Å²) >= 11 is 0. The molecular weight excluding hydrogens is 738 g/mol. The van der Waals surface area contributed by atoms with Crippen molar-refractivity contribution < 1.29 is 98.9 Å². The van der Waals surface area contributed by atoms with Crippen LogP contribution in [0.4, 0.5) is 0 Å². The van der Waals surface area contributed by atoms with Gasteiger partial charge in [-0.3, -0.25) is 0 Å². The molecule has 0 bridgehead atoms. The Morgan fingerprint density at radius 1 is 0.519 bits per heavy atom. The molecule has 4 aliphatic heterocycles. The molecule has 5 unspecified atom stereocenters. The largest absolute Gasteiger partial charge is 0.479 e. The molecular formula is C29H53N5O20. The molecule has 0 aromatic carbocycles. The fraction of sp³-hybridized carbons (Fsp3) is 0.966. The van der Waals surface area contributed by atoms with Crippen molar-refractivity contribution in [3.05, 3.63) is 0 Å². The van der Waals surface area contributed by atoms with Gasteiger partial charge in [0.05, 0.1) is 31.4 Å². The molecule has 4 saturated heterocycles. The van der Waals surface area contributed by atoms with Crippen molar-refractivity contribution in [2.75, 3.05) is 19.8 Å². The van der Waals surface area contributed by atoms with E-state index in [9.17, 15) is 61.0 Å². The van der Waals surface area contributed by atoms with Crippen LogP contribution in [-0.4, -0.2) is 229 Å². The van der Waals surface area contributed by atoms with E-state index in [4.69, 9.17) is 66.6 Å². The summed E-state index contributed by atoms with van der Waals surface area (Å²) in [6.07, 6.45) is -32.6. The Morgan fingerprint density at radius 3 is 1.57 bits per heavy atom. The van der Waals surface area contributed by atoms with Crippen molar-refractivity contribution in [3.63, 3.8) is 0 Å². The van der Waals surface area contributed by atoms with E-state index in [0.29, 0.717) is 0 Å². The lowest BCUT2D eigenvalue weighted by Gasteiger charge is -2.48. The van der Waals surface area contributed by atoms with Crippen LogP contribution in [0.5, 0.6) is 0 Å². The molecule has 24 atom stereocenters. The fourth-order valence-corrected chi connectivity index (χ4v) is 7.17. The SMILES string of the molecule is NC[C@@H]1O[C@H](O[C@H]2[C@@H](O)[C@H](O[C@@H]3[C@@H](O)[C@H](N)C[C@H](N)[C@H]3O[C@H]3O[C@H](CO)[C@@H](OC4OC(C(=O)O)C(O)C(O)C4O)[C@H](O)[C@H]3N)O[C@@H]2CO)[C@H](N)[C@@H](O)[C@@H]1O. The van der Waals surface area contributed by atoms with Gasteiger partial charge in [0.2, 0.25) is 0 Å². The van der Waals surface area contributed by atoms with Gasteiger partial charge in [-0.1, -0.05) is 0 Å². The van der Waals surface area contributed by atoms with Gasteiger partial charge in [-0.25, -0.2) is 4.79 Å². The Hall–Kier alpha value is -1.45. The Morgan fingerprint density at radius 2 is 1.00 bits per heavy atom. The maximum absolute atomic E-state index is 11.5. The van der Waals surface area contributed by atoms with Crippen molar-refractivity contribution in [2.45, 2.75) is 153 Å². The lowest BCUT2D eigenvalue weighted by molar-refractivity contribution is -0.351. The van der Waals surface area contributed by atoms with Crippen LogP contribution < -0.4 is 28.7 Å². The summed E-state index contributed by atoms with van der Waals surface area (Å²) < 4.78 is 45.6. The second-order valence-corrected chi connectivity index (χ2v) is 14.0. The summed E-state index contributed by atoms with van der Waals surface area (Å²) in [4.78, 5) is 11.5. The van der Waals surface area contributed by atoms with Gasteiger partial charge < -0.3 is 123 Å². The molecule has 0 aromatic rings. The molecule has 5 fully saturated rings. The molecule has 4 heterocycles. The summed E-state index contributed by atoms with van der Waals surface area (Å²) in [5, 5.41) is 114. The standard InChI is InChI=1S/C29H53N5O20/c30-2-7-13(38)14(39)10(33)26(47-7)51-22-9(4-36)49-29(19(22)44)53-23-12(37)5(31)1-6(32)20(23)50-27-11(34)15(40)21(8(3-35)48-27)52-28-18(43)16(41)17(42)24(54-28)25(45)46/h5-24,26-29,35-44H,1-4,30-34H2,(H,45,46)/t5-,6+,7+,8-,9-,10-,11-,12+,13-,14-,15-,16?,17?,18?,19-,20-,21-,22-,23-,24?,26-,27-,28?,29+/m1/s1. The zero-order chi connectivity index (χ0) is 39.9. The van der Waals surface area contributed by atoms with E-state index in [2.05, 4.69) is 0 Å². The van der Waals surface area contributed by atoms with E-state index < -0.39 is 166 Å². The van der Waals surface area contributed by atoms with Crippen LogP contribution in [0.2, 0.25) is 0 Å². The van der Waals surface area contributed by atoms with Gasteiger partial charge in [0.15, 0.2) is 31.3 Å². The van der Waals surface area contributed by atoms with Crippen molar-refractivity contribution in [1.82, 2.24) is 0 Å². The van der Waals surface area contributed by atoms with Gasteiger partial charge in [-0.15, -0.1) is 0 Å². The first-order valence-electron chi connectivity index (χ1n) is 17.3. The summed E-state index contributed by atoms with van der Waals surface area (Å²) in [5.74, 6) is -1.69. The summed E-state index contributed by atoms with van der Waals surface area (Å²) in [7, 11) is 0. The molecule has 21 N–H and O–H groups in total. The molecule has 0 amide bonds. The van der Waals surface area contributed by atoms with Crippen LogP contribution in [0.25, 0.3) is 0 Å². The highest BCUT2D eigenvalue weighted by molar-refractivity contribution is 5.73. The van der Waals surface area contributed by atoms with E-state index in [0.717, 1.165) is 0 Å². The number of aliphatic carboxylic acids is 1. The topological polar surface area (TPSA) is 444 Å². The third-order valence-electron chi connectivity index (χ3n) is 10.4. The van der Waals surface area contributed by atoms with Crippen molar-refractivity contribution in [1.29, 1.82) is 0 Å². The molecule has 5 aliphatic rings. The smallest absolute Gasteiger partial charge is 0.335 e. The van der Waals surface area contributed by atoms with Crippen molar-refractivity contribution >= 4 is 5.97 Å². The lowest BCUT2D eigenvalue weighted by Crippen LogP contribution is -2.69. The van der Waals surface area contributed by atoms with Gasteiger partial charge in [0.25, 0.3) is 0 Å². The van der Waals surface area contributed by atoms with Crippen LogP contribution in [-0.2, 0) is 42.7 Å². The number of hydrogen-bond acceptors (Lipinski definition) is 24. The Balaban J connectivity index is 1.29. The van der Waals surface area contributed by atoms with Crippen LogP contribution in [0.15, 0.2) is 0 Å². The molecule has 0 aromatic heterocycles. The highest BCUT2D eigenvalue weighted by Crippen LogP contribution is 2.35. The zero-order valence-electron chi connectivity index (χ0n) is 28.7. The van der Waals surface area contributed by atoms with E-state index in [1.807, 2.05) is 0 Å². The highest BCUT2D eigenvalue weighted by atomic mass is 16.8. The number of hydrogen-bond donors (Lipinski definition) is 16. The van der Waals surface area contributed by atoms with Gasteiger partial charge in [0.1, 0.15) is 85.5 Å². The molecule has 25 heteroatoms. The molecule has 0 radical (unpaired) electrons. The zero-order valence-corrected chi connectivity index (χ0v) is 28.7. The number of aliphatic hydroxyl groups excluding tert-OH is 10. The Bertz CT molecular complexity index is 1230. The Kier molecular flexibility index (Phi) is 14.6. The predicted octanol–water partition coefficient (Wildman–Crippen LogP) is -10.9. The van der Waals surface area contributed by atoms with Crippen molar-refractivity contribution in [2.24, 2.45) is 28.7 Å². The second-order valence-electron chi connectivity index (χ2n) is 14.0. The average Bonchev–Trinajstić information content (AvgIpc) is 3.44. The number of nitrogens with two attached hydrogens (primary N) is 5. The van der Waals surface area contributed by atoms with Gasteiger partial charge >= 0.3 is 5.97 Å². The molecule has 1 saturated carbocycles. The minimum absolute atomic E-state index is 0.0479. The van der Waals surface area contributed by atoms with Crippen LogP contribution in [0.3, 0.4) is 0 Å². The van der Waals surface area contributed by atoms with Crippen LogP contribution >= 0.6 is 0 Å². The maximum Gasteiger partial charge on any atom is 0.335 e. The molecule has 1 aliphatic carbocycles. The third-order valence-corrected chi connectivity index (χ3v) is 10.4. The monoisotopic (exact) mass is 791 g/mol. The first kappa shape index (κ1) is 43.7. The molecule has 314 valence electrons. The summed E-state index contributed by atoms with van der Waals surface area (Å²) in [5.41, 5.74) is 30.4. The lowest BCUT2D eigenvalue weighted by atomic mass is 9.84. The molecule has 5 rings (SSSR count). The first-order valence-corrected chi connectivity index (χ1v) is 17.3. The average molecular weight is 792 g/mol. The minimum atomic E-state index is -2.04. The Labute approximate surface area is 306 Å². The molecule has 25 nitrogen and oxygen atoms in total. The van der Waals surface area contributed by atoms with Crippen LogP contribution in [0.1, 0.15) is 6.42 Å². The second kappa shape index (κ2) is 18.0. The number of aliphatic hydroxyl groups is 10. The van der Waals surface area contributed by atoms with Gasteiger partial charge in [-0.05, 0) is 6.42 Å². The number of carboxylic acid groups (broad SMARTS) is 1. The fourth-order valence-electron chi connectivity index (χ4n) is 7.17. The van der Waals surface area contributed by atoms with Gasteiger partial charge in [-0.2, -0.15) is 0 Å². The quantitative estimate of drug-likeness (QED) is 0.0872. The maximum atomic E-state index is 11.5. The predicted molar refractivity (Wildman–Crippen MR) is 170 cm³/mol. The third kappa shape index (κ3) is 8.54. The summed E-state index contributed by atoms with van der Waals surface area (Å²) in [6.45, 7) is -1.82. The van der Waals surface area contributed by atoms with E-state index in [-0.39, 0.29) is 13.0 Å². The number of rotatable bonds is 12. The van der Waals surface area contributed by atoms with E-state index in [1.165, 1.54) is 0 Å². The minimum Gasteiger partial charge on any atom is -0.479 e. The highest BCUT2D eigenvalue weighted by Gasteiger charge is 2.56. The van der Waals surface area contributed by atoms with Gasteiger partial charge in [0, 0.05) is 18.6 Å². The number of carbonyl (C=O) groups is 1. The number of carboxylic acids is 1. The number of ether oxygens (including phenoxy) is 8. The first-order chi connectivity index (χ1) is 25.4.